The molecule has 0 bridgehead atoms. The van der Waals surface area contributed by atoms with Crippen LogP contribution in [0.4, 0.5) is 0 Å². The molecule has 13 nitrogen and oxygen atoms in total. The molecule has 0 radical (unpaired) electrons. The highest BCUT2D eigenvalue weighted by molar-refractivity contribution is 6.00. The number of carboxylic acids is 1. The van der Waals surface area contributed by atoms with Crippen molar-refractivity contribution in [1.29, 1.82) is 0 Å². The number of aliphatic carboxylic acids is 1. The fourth-order valence-electron chi connectivity index (χ4n) is 6.68. The Morgan fingerprint density at radius 2 is 1.30 bits per heavy atom. The van der Waals surface area contributed by atoms with E-state index in [4.69, 9.17) is 14.2 Å². The number of nitrogens with one attached hydrogen (secondary N) is 1. The quantitative estimate of drug-likeness (QED) is 0.0188. The second-order valence-electron chi connectivity index (χ2n) is 15.4. The second kappa shape index (κ2) is 29.1. The summed E-state index contributed by atoms with van der Waals surface area (Å²) >= 11 is 0. The Hall–Kier alpha value is -6.39. The van der Waals surface area contributed by atoms with Crippen LogP contribution in [0.3, 0.4) is 0 Å². The predicted octanol–water partition coefficient (Wildman–Crippen LogP) is 7.62. The number of esters is 2. The standard InChI is InChI=1S/C51H61NO12/c1-3-5-7-10-19-26-41(53)27-20-11-8-9-12-21-28-43(51(61,50(59)60)35-47(56)63-36-45(54)39-22-15-13-16-23-39)48(57)52-44(34-38-29-31-42(32-30-38)62-33-6-4-2)49(58)64-37-46(55)40-24-17-14-18-25-40/h13-18,21-25,28-32,43-44,61H,3,5,7-12,19-20,26-27,33-37H2,1-2H3,(H,52,57)(H,59,60)/b28-21+/t43-,44+,51+/m1/s1. The van der Waals surface area contributed by atoms with Gasteiger partial charge in [0.25, 0.3) is 0 Å². The third-order valence-corrected chi connectivity index (χ3v) is 10.4. The zero-order valence-electron chi connectivity index (χ0n) is 36.9. The third kappa shape index (κ3) is 18.9. The van der Waals surface area contributed by atoms with E-state index in [-0.39, 0.29) is 29.9 Å². The molecule has 64 heavy (non-hydrogen) atoms. The lowest BCUT2D eigenvalue weighted by Gasteiger charge is -2.30. The van der Waals surface area contributed by atoms with Crippen LogP contribution in [-0.4, -0.2) is 82.8 Å². The Morgan fingerprint density at radius 1 is 0.734 bits per heavy atom. The van der Waals surface area contributed by atoms with E-state index in [9.17, 15) is 43.8 Å². The number of unbranched alkanes of at least 4 members (excludes halogenated alkanes) is 8. The van der Waals surface area contributed by atoms with Gasteiger partial charge in [0.15, 0.2) is 30.4 Å². The Labute approximate surface area is 376 Å². The van der Waals surface area contributed by atoms with Gasteiger partial charge in [-0.3, -0.25) is 24.0 Å². The van der Waals surface area contributed by atoms with Crippen molar-refractivity contribution < 1.29 is 58.0 Å². The number of carbonyl (C=O) groups excluding carboxylic acids is 6. The molecule has 3 aromatic carbocycles. The van der Waals surface area contributed by atoms with Crippen LogP contribution in [0.25, 0.3) is 0 Å². The predicted molar refractivity (Wildman–Crippen MR) is 240 cm³/mol. The fraction of sp³-hybridized carbons (Fsp3) is 0.431. The van der Waals surface area contributed by atoms with Crippen LogP contribution in [0.15, 0.2) is 97.1 Å². The number of hydrogen-bond acceptors (Lipinski definition) is 11. The Kier molecular flexibility index (Phi) is 23.6. The molecule has 3 atom stereocenters. The van der Waals surface area contributed by atoms with Crippen LogP contribution in [0.1, 0.15) is 124 Å². The van der Waals surface area contributed by atoms with Gasteiger partial charge in [0.2, 0.25) is 5.91 Å². The number of rotatable bonds is 31. The van der Waals surface area contributed by atoms with Crippen LogP contribution in [0.5, 0.6) is 5.75 Å². The number of Topliss-reactive ketones (excluding diaryl/α,β-unsaturated/α-hetero) is 3. The fourth-order valence-corrected chi connectivity index (χ4v) is 6.68. The molecule has 0 aromatic heterocycles. The number of allylic oxidation sites excluding steroid dienone is 1. The molecule has 0 aliphatic heterocycles. The lowest BCUT2D eigenvalue weighted by atomic mass is 9.82. The van der Waals surface area contributed by atoms with Crippen molar-refractivity contribution in [2.75, 3.05) is 19.8 Å². The van der Waals surface area contributed by atoms with Crippen molar-refractivity contribution in [1.82, 2.24) is 5.32 Å². The number of ketones is 3. The first-order chi connectivity index (χ1) is 30.9. The molecule has 0 saturated carbocycles. The topological polar surface area (TPSA) is 200 Å². The number of hydrogen-bond donors (Lipinski definition) is 3. The zero-order chi connectivity index (χ0) is 46.6. The first-order valence-corrected chi connectivity index (χ1v) is 21.9. The molecule has 0 aliphatic rings. The molecule has 0 unspecified atom stereocenters. The molecule has 3 aromatic rings. The Morgan fingerprint density at radius 3 is 1.86 bits per heavy atom. The minimum atomic E-state index is -3.11. The number of benzene rings is 3. The van der Waals surface area contributed by atoms with Crippen LogP contribution < -0.4 is 10.1 Å². The van der Waals surface area contributed by atoms with Gasteiger partial charge in [-0.25, -0.2) is 9.59 Å². The van der Waals surface area contributed by atoms with Crippen LogP contribution in [0, 0.1) is 17.8 Å². The van der Waals surface area contributed by atoms with E-state index >= 15 is 0 Å². The summed E-state index contributed by atoms with van der Waals surface area (Å²) in [4.78, 5) is 91.7. The van der Waals surface area contributed by atoms with E-state index in [1.165, 1.54) is 30.7 Å². The first kappa shape index (κ1) is 52.0. The molecule has 3 N–H and O–H groups in total. The summed E-state index contributed by atoms with van der Waals surface area (Å²) in [6.45, 7) is 2.56. The van der Waals surface area contributed by atoms with Gasteiger partial charge < -0.3 is 29.7 Å². The van der Waals surface area contributed by atoms with Gasteiger partial charge in [-0.15, -0.1) is 5.92 Å². The Balaban J connectivity index is 1.81. The normalized spacial score (nSPS) is 12.7. The largest absolute Gasteiger partial charge is 0.481 e. The average Bonchev–Trinajstić information content (AvgIpc) is 3.30. The van der Waals surface area contributed by atoms with Gasteiger partial charge in [0.05, 0.1) is 12.3 Å². The Bertz CT molecular complexity index is 2050. The summed E-state index contributed by atoms with van der Waals surface area (Å²) in [5.41, 5.74) is -2.06. The van der Waals surface area contributed by atoms with E-state index < -0.39 is 72.6 Å². The highest BCUT2D eigenvalue weighted by atomic mass is 16.5. The number of carboxylic acid groups (broad SMARTS) is 1. The molecule has 0 aliphatic carbocycles. The minimum Gasteiger partial charge on any atom is -0.481 e. The molecule has 3 rings (SSSR count). The van der Waals surface area contributed by atoms with Crippen molar-refractivity contribution in [3.05, 3.63) is 114 Å². The molecule has 0 spiro atoms. The van der Waals surface area contributed by atoms with Crippen LogP contribution in [-0.2, 0) is 39.9 Å². The van der Waals surface area contributed by atoms with E-state index in [1.54, 1.807) is 79.7 Å². The summed E-state index contributed by atoms with van der Waals surface area (Å²) in [6.07, 6.45) is 11.0. The van der Waals surface area contributed by atoms with Gasteiger partial charge in [-0.05, 0) is 50.3 Å². The zero-order valence-corrected chi connectivity index (χ0v) is 36.9. The first-order valence-electron chi connectivity index (χ1n) is 21.9. The van der Waals surface area contributed by atoms with Crippen LogP contribution >= 0.6 is 0 Å². The summed E-state index contributed by atoms with van der Waals surface area (Å²) in [5.74, 6) is -2.16. The van der Waals surface area contributed by atoms with Gasteiger partial charge in [0, 0.05) is 30.4 Å². The lowest BCUT2D eigenvalue weighted by Crippen LogP contribution is -2.55. The maximum atomic E-state index is 14.3. The van der Waals surface area contributed by atoms with E-state index in [0.717, 1.165) is 44.9 Å². The van der Waals surface area contributed by atoms with E-state index in [0.29, 0.717) is 37.0 Å². The maximum Gasteiger partial charge on any atom is 0.337 e. The second-order valence-corrected chi connectivity index (χ2v) is 15.4. The van der Waals surface area contributed by atoms with Gasteiger partial charge in [0.1, 0.15) is 24.2 Å². The molecule has 1 amide bonds. The molecule has 0 fully saturated rings. The molecule has 0 saturated heterocycles. The monoisotopic (exact) mass is 879 g/mol. The van der Waals surface area contributed by atoms with Gasteiger partial charge in [-0.1, -0.05) is 136 Å². The van der Waals surface area contributed by atoms with Crippen molar-refractivity contribution in [2.24, 2.45) is 5.92 Å². The minimum absolute atomic E-state index is 0.148. The molecular formula is C51H61NO12. The SMILES string of the molecule is CC#CCOc1ccc(C[C@H](NC(=O)[C@@H](/C=C/CCCCCCC(=O)CCCCCCC)[C@@](O)(CC(=O)OCC(=O)c2ccccc2)C(=O)O)C(=O)OCC(=O)c2ccccc2)cc1. The number of ether oxygens (including phenoxy) is 3. The molecule has 342 valence electrons. The van der Waals surface area contributed by atoms with Crippen molar-refractivity contribution in [3.63, 3.8) is 0 Å². The summed E-state index contributed by atoms with van der Waals surface area (Å²) in [5, 5.41) is 24.7. The van der Waals surface area contributed by atoms with Crippen LogP contribution in [0.2, 0.25) is 0 Å². The van der Waals surface area contributed by atoms with Gasteiger partial charge in [-0.2, -0.15) is 0 Å². The number of carbonyl (C=O) groups is 7. The number of aliphatic hydroxyl groups is 1. The van der Waals surface area contributed by atoms with Gasteiger partial charge >= 0.3 is 17.9 Å². The molecule has 13 heteroatoms. The van der Waals surface area contributed by atoms with Crippen molar-refractivity contribution >= 4 is 41.2 Å². The van der Waals surface area contributed by atoms with E-state index in [1.807, 2.05) is 0 Å². The molecule has 0 heterocycles. The van der Waals surface area contributed by atoms with Crippen molar-refractivity contribution in [3.8, 4) is 17.6 Å². The maximum absolute atomic E-state index is 14.3. The molecular weight excluding hydrogens is 819 g/mol. The smallest absolute Gasteiger partial charge is 0.337 e. The highest BCUT2D eigenvalue weighted by Gasteiger charge is 2.49. The lowest BCUT2D eigenvalue weighted by molar-refractivity contribution is -0.173. The summed E-state index contributed by atoms with van der Waals surface area (Å²) < 4.78 is 16.0. The highest BCUT2D eigenvalue weighted by Crippen LogP contribution is 2.27. The average molecular weight is 880 g/mol. The van der Waals surface area contributed by atoms with Crippen molar-refractivity contribution in [2.45, 2.75) is 115 Å². The third-order valence-electron chi connectivity index (χ3n) is 10.4. The number of amides is 1. The van der Waals surface area contributed by atoms with E-state index in [2.05, 4.69) is 24.1 Å². The summed E-state index contributed by atoms with van der Waals surface area (Å²) in [7, 11) is 0. The summed E-state index contributed by atoms with van der Waals surface area (Å²) in [6, 6.07) is 21.1.